The van der Waals surface area contributed by atoms with Crippen molar-refractivity contribution < 1.29 is 27.0 Å². The van der Waals surface area contributed by atoms with Gasteiger partial charge in [0, 0.05) is 0 Å². The summed E-state index contributed by atoms with van der Waals surface area (Å²) in [4.78, 5) is 3.84. The summed E-state index contributed by atoms with van der Waals surface area (Å²) in [6, 6.07) is 2.97. The van der Waals surface area contributed by atoms with Crippen molar-refractivity contribution in [3.05, 3.63) is 17.9 Å². The lowest BCUT2D eigenvalue weighted by Gasteiger charge is -2.25. The lowest BCUT2D eigenvalue weighted by Crippen LogP contribution is -2.19. The van der Waals surface area contributed by atoms with Gasteiger partial charge in [-0.05, 0) is 30.9 Å². The molecule has 0 aliphatic heterocycles. The van der Waals surface area contributed by atoms with E-state index in [-0.39, 0.29) is 21.2 Å². The van der Waals surface area contributed by atoms with E-state index in [1.165, 1.54) is 18.6 Å². The predicted octanol–water partition coefficient (Wildman–Crippen LogP) is 4.56. The number of nitrogens with zero attached hydrogens (tertiary/aromatic N) is 1. The quantitative estimate of drug-likeness (QED) is 0.751. The molecule has 3 rings (SSSR count). The lowest BCUT2D eigenvalue weighted by atomic mass is 9.86. The summed E-state index contributed by atoms with van der Waals surface area (Å²) in [5.41, 5.74) is 0.260. The van der Waals surface area contributed by atoms with Gasteiger partial charge in [-0.15, -0.1) is 0 Å². The second-order valence-electron chi connectivity index (χ2n) is 5.22. The molecule has 1 aliphatic carbocycles. The van der Waals surface area contributed by atoms with Crippen LogP contribution in [0.2, 0.25) is 0 Å². The van der Waals surface area contributed by atoms with Gasteiger partial charge in [-0.25, -0.2) is 9.37 Å². The molecule has 0 spiro atoms. The highest BCUT2D eigenvalue weighted by molar-refractivity contribution is 7.20. The number of ether oxygens (including phenoxy) is 2. The van der Waals surface area contributed by atoms with Crippen LogP contribution in [0, 0.1) is 11.7 Å². The zero-order chi connectivity index (χ0) is 15.7. The van der Waals surface area contributed by atoms with Gasteiger partial charge in [0.2, 0.25) is 0 Å². The van der Waals surface area contributed by atoms with E-state index < -0.39 is 18.6 Å². The Labute approximate surface area is 127 Å². The average Bonchev–Trinajstić information content (AvgIpc) is 2.80. The molecule has 1 fully saturated rings. The Morgan fingerprint density at radius 3 is 2.64 bits per heavy atom. The molecule has 0 amide bonds. The van der Waals surface area contributed by atoms with Crippen molar-refractivity contribution >= 4 is 21.6 Å². The number of thiazole rings is 1. The first-order chi connectivity index (χ1) is 10.4. The molecule has 1 aromatic heterocycles. The smallest absolute Gasteiger partial charge is 0.422 e. The minimum absolute atomic E-state index is 0.102. The second kappa shape index (κ2) is 5.91. The molecular weight excluding hydrogens is 322 g/mol. The van der Waals surface area contributed by atoms with Gasteiger partial charge < -0.3 is 9.47 Å². The van der Waals surface area contributed by atoms with Gasteiger partial charge in [-0.3, -0.25) is 0 Å². The average molecular weight is 335 g/mol. The van der Waals surface area contributed by atoms with Gasteiger partial charge in [0.15, 0.2) is 18.2 Å². The molecule has 0 radical (unpaired) electrons. The Balaban J connectivity index is 1.74. The van der Waals surface area contributed by atoms with Crippen molar-refractivity contribution in [2.45, 2.75) is 25.4 Å². The SMILES string of the molecule is Fc1c(OCC2CCC2)ccc2nc(OCC(F)(F)F)sc12. The second-order valence-corrected chi connectivity index (χ2v) is 6.18. The van der Waals surface area contributed by atoms with E-state index in [4.69, 9.17) is 4.74 Å². The van der Waals surface area contributed by atoms with E-state index >= 15 is 0 Å². The molecule has 8 heteroatoms. The van der Waals surface area contributed by atoms with Gasteiger partial charge in [0.25, 0.3) is 5.19 Å². The van der Waals surface area contributed by atoms with Crippen LogP contribution in [0.4, 0.5) is 17.6 Å². The number of hydrogen-bond acceptors (Lipinski definition) is 4. The number of benzene rings is 1. The normalized spacial score (nSPS) is 15.8. The maximum Gasteiger partial charge on any atom is 0.422 e. The summed E-state index contributed by atoms with van der Waals surface area (Å²) in [5.74, 6) is -0.0381. The van der Waals surface area contributed by atoms with E-state index in [2.05, 4.69) is 9.72 Å². The van der Waals surface area contributed by atoms with Crippen molar-refractivity contribution in [2.75, 3.05) is 13.2 Å². The Bertz CT molecular complexity index is 667. The van der Waals surface area contributed by atoms with Crippen LogP contribution in [0.15, 0.2) is 12.1 Å². The topological polar surface area (TPSA) is 31.4 Å². The zero-order valence-electron chi connectivity index (χ0n) is 11.5. The van der Waals surface area contributed by atoms with Crippen LogP contribution in [0.1, 0.15) is 19.3 Å². The first kappa shape index (κ1) is 15.3. The zero-order valence-corrected chi connectivity index (χ0v) is 12.3. The van der Waals surface area contributed by atoms with Crippen molar-refractivity contribution in [1.29, 1.82) is 0 Å². The number of halogens is 4. The van der Waals surface area contributed by atoms with Crippen molar-refractivity contribution in [3.8, 4) is 10.9 Å². The molecule has 0 unspecified atom stereocenters. The van der Waals surface area contributed by atoms with Gasteiger partial charge in [0.05, 0.1) is 16.8 Å². The fraction of sp³-hybridized carbons (Fsp3) is 0.500. The molecule has 0 N–H and O–H groups in total. The van der Waals surface area contributed by atoms with Crippen LogP contribution in [0.3, 0.4) is 0 Å². The van der Waals surface area contributed by atoms with Crippen molar-refractivity contribution in [3.63, 3.8) is 0 Å². The monoisotopic (exact) mass is 335 g/mol. The Morgan fingerprint density at radius 1 is 1.23 bits per heavy atom. The van der Waals surface area contributed by atoms with Crippen LogP contribution in [-0.4, -0.2) is 24.4 Å². The molecule has 0 saturated heterocycles. The maximum absolute atomic E-state index is 14.3. The number of rotatable bonds is 5. The maximum atomic E-state index is 14.3. The van der Waals surface area contributed by atoms with Crippen molar-refractivity contribution in [1.82, 2.24) is 4.98 Å². The van der Waals surface area contributed by atoms with E-state index in [0.29, 0.717) is 12.5 Å². The van der Waals surface area contributed by atoms with Crippen LogP contribution >= 0.6 is 11.3 Å². The third-order valence-electron chi connectivity index (χ3n) is 3.50. The van der Waals surface area contributed by atoms with Crippen LogP contribution in [-0.2, 0) is 0 Å². The van der Waals surface area contributed by atoms with Crippen LogP contribution < -0.4 is 9.47 Å². The largest absolute Gasteiger partial charge is 0.490 e. The van der Waals surface area contributed by atoms with E-state index in [1.54, 1.807) is 0 Å². The summed E-state index contributed by atoms with van der Waals surface area (Å²) < 4.78 is 60.8. The third-order valence-corrected chi connectivity index (χ3v) is 4.48. The first-order valence-electron chi connectivity index (χ1n) is 6.84. The third kappa shape index (κ3) is 3.43. The fourth-order valence-electron chi connectivity index (χ4n) is 2.11. The van der Waals surface area contributed by atoms with Gasteiger partial charge in [-0.1, -0.05) is 17.8 Å². The molecule has 3 nitrogen and oxygen atoms in total. The molecule has 2 aromatic rings. The Kier molecular flexibility index (Phi) is 4.12. The van der Waals surface area contributed by atoms with E-state index in [0.717, 1.165) is 24.2 Å². The number of fused-ring (bicyclic) bond motifs is 1. The lowest BCUT2D eigenvalue weighted by molar-refractivity contribution is -0.153. The molecule has 1 saturated carbocycles. The summed E-state index contributed by atoms with van der Waals surface area (Å²) in [6.45, 7) is -0.988. The summed E-state index contributed by atoms with van der Waals surface area (Å²) in [6.07, 6.45) is -1.11. The minimum Gasteiger partial charge on any atom is -0.490 e. The number of hydrogen-bond donors (Lipinski definition) is 0. The fourth-order valence-corrected chi connectivity index (χ4v) is 2.95. The van der Waals surface area contributed by atoms with Gasteiger partial charge >= 0.3 is 6.18 Å². The molecule has 1 aromatic carbocycles. The highest BCUT2D eigenvalue weighted by Gasteiger charge is 2.29. The summed E-state index contributed by atoms with van der Waals surface area (Å²) in [7, 11) is 0. The molecule has 0 bridgehead atoms. The highest BCUT2D eigenvalue weighted by Crippen LogP contribution is 2.35. The molecule has 120 valence electrons. The van der Waals surface area contributed by atoms with E-state index in [9.17, 15) is 17.6 Å². The molecule has 22 heavy (non-hydrogen) atoms. The summed E-state index contributed by atoms with van der Waals surface area (Å²) >= 11 is 0.744. The minimum atomic E-state index is -4.45. The highest BCUT2D eigenvalue weighted by atomic mass is 32.1. The molecular formula is C14H13F4NO2S. The molecule has 1 heterocycles. The van der Waals surface area contributed by atoms with Gasteiger partial charge in [0.1, 0.15) is 0 Å². The first-order valence-corrected chi connectivity index (χ1v) is 7.65. The standard InChI is InChI=1S/C14H13F4NO2S/c15-11-10(20-6-8-2-1-3-8)5-4-9-12(11)22-13(19-9)21-7-14(16,17)18/h4-5,8H,1-3,6-7H2. The Morgan fingerprint density at radius 2 is 2.00 bits per heavy atom. The van der Waals surface area contributed by atoms with E-state index in [1.807, 2.05) is 0 Å². The van der Waals surface area contributed by atoms with Gasteiger partial charge in [-0.2, -0.15) is 13.2 Å². The van der Waals surface area contributed by atoms with Crippen LogP contribution in [0.5, 0.6) is 10.9 Å². The van der Waals surface area contributed by atoms with Crippen LogP contribution in [0.25, 0.3) is 10.2 Å². The molecule has 1 aliphatic rings. The number of alkyl halides is 3. The molecule has 0 atom stereocenters. The van der Waals surface area contributed by atoms with Crippen molar-refractivity contribution in [2.24, 2.45) is 5.92 Å². The summed E-state index contributed by atoms with van der Waals surface area (Å²) in [5, 5.41) is -0.206. The number of aromatic nitrogens is 1. The predicted molar refractivity (Wildman–Crippen MR) is 74.0 cm³/mol. The Hall–Kier alpha value is -1.57.